The molecule has 3 rings (SSSR count). The van der Waals surface area contributed by atoms with Gasteiger partial charge in [-0.2, -0.15) is 0 Å². The van der Waals surface area contributed by atoms with Crippen molar-refractivity contribution >= 4 is 17.7 Å². The van der Waals surface area contributed by atoms with Crippen LogP contribution in [0.4, 0.5) is 4.39 Å². The summed E-state index contributed by atoms with van der Waals surface area (Å²) < 4.78 is 16.1. The van der Waals surface area contributed by atoms with Crippen molar-refractivity contribution in [2.24, 2.45) is 5.92 Å². The molecule has 28 heavy (non-hydrogen) atoms. The van der Waals surface area contributed by atoms with Crippen LogP contribution >= 0.6 is 11.8 Å². The van der Waals surface area contributed by atoms with Crippen LogP contribution in [0.1, 0.15) is 20.3 Å². The molecule has 0 fully saturated rings. The van der Waals surface area contributed by atoms with Crippen molar-refractivity contribution in [3.8, 4) is 17.1 Å². The van der Waals surface area contributed by atoms with Crippen molar-refractivity contribution in [1.29, 1.82) is 0 Å². The Hall–Kier alpha value is -2.67. The van der Waals surface area contributed by atoms with Gasteiger partial charge in [0.15, 0.2) is 11.0 Å². The van der Waals surface area contributed by atoms with E-state index in [1.165, 1.54) is 17.8 Å². The fourth-order valence-corrected chi connectivity index (χ4v) is 3.45. The van der Waals surface area contributed by atoms with Crippen LogP contribution in [0.25, 0.3) is 17.1 Å². The predicted molar refractivity (Wildman–Crippen MR) is 110 cm³/mol. The molecule has 1 heterocycles. The highest BCUT2D eigenvalue weighted by molar-refractivity contribution is 7.99. The molecule has 3 aromatic rings. The fourth-order valence-electron chi connectivity index (χ4n) is 2.67. The molecule has 0 saturated heterocycles. The number of nitrogens with one attached hydrogen (secondary N) is 1. The number of halogens is 1. The van der Waals surface area contributed by atoms with Gasteiger partial charge in [0.1, 0.15) is 5.82 Å². The summed E-state index contributed by atoms with van der Waals surface area (Å²) in [5.74, 6) is 0.751. The maximum atomic E-state index is 14.3. The molecule has 0 radical (unpaired) electrons. The Morgan fingerprint density at radius 3 is 2.54 bits per heavy atom. The third-order valence-electron chi connectivity index (χ3n) is 4.14. The molecule has 0 atom stereocenters. The van der Waals surface area contributed by atoms with Gasteiger partial charge in [0, 0.05) is 12.2 Å². The zero-order chi connectivity index (χ0) is 19.9. The molecule has 5 nitrogen and oxygen atoms in total. The van der Waals surface area contributed by atoms with Crippen LogP contribution < -0.4 is 5.32 Å². The lowest BCUT2D eigenvalue weighted by molar-refractivity contribution is -0.118. The van der Waals surface area contributed by atoms with Crippen molar-refractivity contribution < 1.29 is 9.18 Å². The maximum Gasteiger partial charge on any atom is 0.230 e. The van der Waals surface area contributed by atoms with Crippen LogP contribution in [0.15, 0.2) is 59.8 Å². The first-order valence-corrected chi connectivity index (χ1v) is 10.2. The lowest BCUT2D eigenvalue weighted by Crippen LogP contribution is -2.27. The van der Waals surface area contributed by atoms with E-state index in [0.717, 1.165) is 12.1 Å². The van der Waals surface area contributed by atoms with Crippen molar-refractivity contribution in [1.82, 2.24) is 20.1 Å². The summed E-state index contributed by atoms with van der Waals surface area (Å²) in [5, 5.41) is 11.9. The topological polar surface area (TPSA) is 59.8 Å². The number of hydrogen-bond acceptors (Lipinski definition) is 4. The largest absolute Gasteiger partial charge is 0.355 e. The lowest BCUT2D eigenvalue weighted by Gasteiger charge is -2.11. The van der Waals surface area contributed by atoms with Gasteiger partial charge in [-0.3, -0.25) is 9.36 Å². The van der Waals surface area contributed by atoms with Crippen LogP contribution in [0.5, 0.6) is 0 Å². The van der Waals surface area contributed by atoms with Crippen LogP contribution in [0, 0.1) is 11.7 Å². The summed E-state index contributed by atoms with van der Waals surface area (Å²) >= 11 is 1.29. The molecule has 0 unspecified atom stereocenters. The molecule has 1 amide bonds. The first-order valence-electron chi connectivity index (χ1n) is 9.21. The smallest absolute Gasteiger partial charge is 0.230 e. The lowest BCUT2D eigenvalue weighted by atomic mass is 10.1. The molecule has 0 saturated carbocycles. The third kappa shape index (κ3) is 4.98. The fraction of sp³-hybridized carbons (Fsp3) is 0.286. The van der Waals surface area contributed by atoms with Gasteiger partial charge < -0.3 is 5.32 Å². The average Bonchev–Trinajstić information content (AvgIpc) is 3.11. The van der Waals surface area contributed by atoms with Crippen LogP contribution in [-0.2, 0) is 4.79 Å². The van der Waals surface area contributed by atoms with E-state index in [-0.39, 0.29) is 17.5 Å². The quantitative estimate of drug-likeness (QED) is 0.574. The Morgan fingerprint density at radius 2 is 1.82 bits per heavy atom. The molecule has 2 aromatic carbocycles. The Kier molecular flexibility index (Phi) is 6.81. The van der Waals surface area contributed by atoms with Gasteiger partial charge in [-0.25, -0.2) is 4.39 Å². The van der Waals surface area contributed by atoms with Crippen LogP contribution in [0.3, 0.4) is 0 Å². The zero-order valence-corrected chi connectivity index (χ0v) is 16.7. The number of aromatic nitrogens is 3. The Balaban J connectivity index is 1.84. The number of rotatable bonds is 8. The first-order chi connectivity index (χ1) is 13.6. The van der Waals surface area contributed by atoms with Gasteiger partial charge in [-0.1, -0.05) is 55.9 Å². The minimum atomic E-state index is -0.366. The van der Waals surface area contributed by atoms with Crippen molar-refractivity contribution in [2.75, 3.05) is 12.3 Å². The van der Waals surface area contributed by atoms with Gasteiger partial charge in [-0.15, -0.1) is 10.2 Å². The maximum absolute atomic E-state index is 14.3. The molecule has 146 valence electrons. The molecular weight excluding hydrogens is 375 g/mol. The van der Waals surface area contributed by atoms with E-state index in [0.29, 0.717) is 29.0 Å². The number of nitrogens with zero attached hydrogens (tertiary/aromatic N) is 3. The Bertz CT molecular complexity index is 927. The summed E-state index contributed by atoms with van der Waals surface area (Å²) in [7, 11) is 0. The number of para-hydroxylation sites is 1. The van der Waals surface area contributed by atoms with E-state index in [1.54, 1.807) is 22.8 Å². The Labute approximate surface area is 168 Å². The van der Waals surface area contributed by atoms with Crippen LogP contribution in [0.2, 0.25) is 0 Å². The monoisotopic (exact) mass is 398 g/mol. The van der Waals surface area contributed by atoms with E-state index >= 15 is 0 Å². The third-order valence-corrected chi connectivity index (χ3v) is 5.07. The molecule has 7 heteroatoms. The summed E-state index contributed by atoms with van der Waals surface area (Å²) in [6.07, 6.45) is 0.939. The number of carbonyl (C=O) groups is 1. The summed E-state index contributed by atoms with van der Waals surface area (Å²) in [6.45, 7) is 4.89. The zero-order valence-electron chi connectivity index (χ0n) is 15.9. The molecular formula is C21H23FN4OS. The molecule has 0 aliphatic rings. The van der Waals surface area contributed by atoms with E-state index in [9.17, 15) is 9.18 Å². The highest BCUT2D eigenvalue weighted by Crippen LogP contribution is 2.29. The molecule has 0 aliphatic heterocycles. The van der Waals surface area contributed by atoms with E-state index in [2.05, 4.69) is 29.4 Å². The number of hydrogen-bond donors (Lipinski definition) is 1. The van der Waals surface area contributed by atoms with Crippen LogP contribution in [-0.4, -0.2) is 33.0 Å². The van der Waals surface area contributed by atoms with E-state index in [4.69, 9.17) is 0 Å². The second-order valence-corrected chi connectivity index (χ2v) is 7.72. The van der Waals surface area contributed by atoms with Gasteiger partial charge in [0.05, 0.1) is 11.3 Å². The number of carbonyl (C=O) groups excluding carboxylic acids is 1. The van der Waals surface area contributed by atoms with Crippen molar-refractivity contribution in [3.63, 3.8) is 0 Å². The highest BCUT2D eigenvalue weighted by atomic mass is 32.2. The number of amides is 1. The molecule has 0 bridgehead atoms. The number of thioether (sulfide) groups is 1. The standard InChI is InChI=1S/C21H23FN4OS/c1-15(2)12-13-23-19(27)14-28-21-25-24-20(17-10-6-7-11-18(17)22)26(21)16-8-4-3-5-9-16/h3-11,15H,12-14H2,1-2H3,(H,23,27). The summed E-state index contributed by atoms with van der Waals surface area (Å²) in [6, 6.07) is 16.0. The molecule has 1 N–H and O–H groups in total. The second-order valence-electron chi connectivity index (χ2n) is 6.78. The Morgan fingerprint density at radius 1 is 1.11 bits per heavy atom. The molecule has 0 aliphatic carbocycles. The normalized spacial score (nSPS) is 11.0. The minimum Gasteiger partial charge on any atom is -0.355 e. The van der Waals surface area contributed by atoms with Gasteiger partial charge in [0.2, 0.25) is 5.91 Å². The van der Waals surface area contributed by atoms with Gasteiger partial charge >= 0.3 is 0 Å². The van der Waals surface area contributed by atoms with Gasteiger partial charge in [-0.05, 0) is 36.6 Å². The van der Waals surface area contributed by atoms with Gasteiger partial charge in [0.25, 0.3) is 0 Å². The predicted octanol–water partition coefficient (Wildman–Crippen LogP) is 4.33. The number of benzene rings is 2. The second kappa shape index (κ2) is 9.50. The van der Waals surface area contributed by atoms with E-state index in [1.807, 2.05) is 30.3 Å². The van der Waals surface area contributed by atoms with E-state index < -0.39 is 0 Å². The SMILES string of the molecule is CC(C)CCNC(=O)CSc1nnc(-c2ccccc2F)n1-c1ccccc1. The highest BCUT2D eigenvalue weighted by Gasteiger charge is 2.19. The van der Waals surface area contributed by atoms with Crippen molar-refractivity contribution in [2.45, 2.75) is 25.4 Å². The minimum absolute atomic E-state index is 0.0549. The molecule has 0 spiro atoms. The average molecular weight is 399 g/mol. The summed E-state index contributed by atoms with van der Waals surface area (Å²) in [5.41, 5.74) is 1.18. The summed E-state index contributed by atoms with van der Waals surface area (Å²) in [4.78, 5) is 12.1. The first kappa shape index (κ1) is 20.1. The van der Waals surface area contributed by atoms with Crippen molar-refractivity contribution in [3.05, 3.63) is 60.4 Å². The molecule has 1 aromatic heterocycles.